The molecule has 0 amide bonds. The highest BCUT2D eigenvalue weighted by Gasteiger charge is 2.15. The van der Waals surface area contributed by atoms with Crippen molar-refractivity contribution in [2.45, 2.75) is 6.54 Å². The van der Waals surface area contributed by atoms with Crippen LogP contribution in [0.2, 0.25) is 5.02 Å². The summed E-state index contributed by atoms with van der Waals surface area (Å²) in [5.41, 5.74) is 1.23. The van der Waals surface area contributed by atoms with Gasteiger partial charge in [0.1, 0.15) is 0 Å². The van der Waals surface area contributed by atoms with Gasteiger partial charge in [-0.3, -0.25) is 0 Å². The predicted octanol–water partition coefficient (Wildman–Crippen LogP) is 4.14. The molecule has 0 saturated heterocycles. The monoisotopic (exact) mass is 285 g/mol. The van der Waals surface area contributed by atoms with Crippen LogP contribution in [0.25, 0.3) is 11.1 Å². The summed E-state index contributed by atoms with van der Waals surface area (Å²) in [5, 5.41) is 3.38. The highest BCUT2D eigenvalue weighted by molar-refractivity contribution is 6.31. The van der Waals surface area contributed by atoms with Gasteiger partial charge in [-0.25, -0.2) is 13.2 Å². The fourth-order valence-corrected chi connectivity index (χ4v) is 2.04. The quantitative estimate of drug-likeness (QED) is 0.836. The molecule has 0 radical (unpaired) electrons. The topological polar surface area (TPSA) is 12.0 Å². The third-order valence-electron chi connectivity index (χ3n) is 2.77. The van der Waals surface area contributed by atoms with Gasteiger partial charge >= 0.3 is 0 Å². The van der Waals surface area contributed by atoms with Crippen molar-refractivity contribution in [3.05, 3.63) is 58.4 Å². The summed E-state index contributed by atoms with van der Waals surface area (Å²) in [6, 6.07) is 6.95. The molecule has 0 aliphatic rings. The van der Waals surface area contributed by atoms with Crippen molar-refractivity contribution in [2.75, 3.05) is 7.05 Å². The first-order valence-corrected chi connectivity index (χ1v) is 5.99. The van der Waals surface area contributed by atoms with E-state index >= 15 is 0 Å². The van der Waals surface area contributed by atoms with Gasteiger partial charge in [0.2, 0.25) is 0 Å². The lowest BCUT2D eigenvalue weighted by Gasteiger charge is -2.08. The van der Waals surface area contributed by atoms with Gasteiger partial charge in [0.15, 0.2) is 17.5 Å². The average molecular weight is 286 g/mol. The van der Waals surface area contributed by atoms with E-state index in [2.05, 4.69) is 5.32 Å². The molecule has 1 N–H and O–H groups in total. The number of hydrogen-bond acceptors (Lipinski definition) is 1. The second-order valence-corrected chi connectivity index (χ2v) is 4.47. The van der Waals surface area contributed by atoms with Crippen molar-refractivity contribution in [3.8, 4) is 11.1 Å². The Labute approximate surface area is 114 Å². The summed E-state index contributed by atoms with van der Waals surface area (Å²) in [7, 11) is 1.78. The lowest BCUT2D eigenvalue weighted by molar-refractivity contribution is 0.449. The van der Waals surface area contributed by atoms with Gasteiger partial charge in [-0.2, -0.15) is 0 Å². The lowest BCUT2D eigenvalue weighted by atomic mass is 10.0. The van der Waals surface area contributed by atoms with Crippen LogP contribution in [0.4, 0.5) is 13.2 Å². The smallest absolute Gasteiger partial charge is 0.195 e. The fourth-order valence-electron chi connectivity index (χ4n) is 1.80. The van der Waals surface area contributed by atoms with E-state index in [4.69, 9.17) is 11.6 Å². The van der Waals surface area contributed by atoms with Crippen LogP contribution in [0, 0.1) is 17.5 Å². The van der Waals surface area contributed by atoms with Gasteiger partial charge in [0.05, 0.1) is 0 Å². The Morgan fingerprint density at radius 1 is 1.05 bits per heavy atom. The summed E-state index contributed by atoms with van der Waals surface area (Å²) >= 11 is 6.05. The minimum Gasteiger partial charge on any atom is -0.316 e. The average Bonchev–Trinajstić information content (AvgIpc) is 2.39. The van der Waals surface area contributed by atoms with Gasteiger partial charge < -0.3 is 5.32 Å². The zero-order chi connectivity index (χ0) is 14.0. The molecule has 1 nitrogen and oxygen atoms in total. The molecular formula is C14H11ClF3N. The van der Waals surface area contributed by atoms with Crippen molar-refractivity contribution in [1.82, 2.24) is 5.32 Å². The van der Waals surface area contributed by atoms with E-state index in [0.717, 1.165) is 11.6 Å². The molecule has 0 fully saturated rings. The molecule has 0 atom stereocenters. The maximum atomic E-state index is 13.7. The predicted molar refractivity (Wildman–Crippen MR) is 69.5 cm³/mol. The van der Waals surface area contributed by atoms with Gasteiger partial charge in [-0.05, 0) is 36.4 Å². The van der Waals surface area contributed by atoms with Crippen LogP contribution < -0.4 is 5.32 Å². The molecule has 0 spiro atoms. The summed E-state index contributed by atoms with van der Waals surface area (Å²) in [5.74, 6) is -3.90. The van der Waals surface area contributed by atoms with Gasteiger partial charge in [-0.15, -0.1) is 0 Å². The van der Waals surface area contributed by atoms with E-state index in [1.165, 1.54) is 12.1 Å². The minimum absolute atomic E-state index is 0.0168. The Bertz CT molecular complexity index is 614. The first-order chi connectivity index (χ1) is 9.04. The van der Waals surface area contributed by atoms with Crippen LogP contribution in [-0.2, 0) is 6.54 Å². The second-order valence-electron chi connectivity index (χ2n) is 4.06. The Morgan fingerprint density at radius 2 is 1.79 bits per heavy atom. The molecule has 0 aliphatic heterocycles. The summed E-state index contributed by atoms with van der Waals surface area (Å²) in [6.07, 6.45) is 0. The van der Waals surface area contributed by atoms with Gasteiger partial charge in [0.25, 0.3) is 0 Å². The van der Waals surface area contributed by atoms with Crippen LogP contribution in [0.15, 0.2) is 30.3 Å². The van der Waals surface area contributed by atoms with Crippen LogP contribution >= 0.6 is 11.6 Å². The Kier molecular flexibility index (Phi) is 4.12. The van der Waals surface area contributed by atoms with Crippen LogP contribution in [0.5, 0.6) is 0 Å². The SMILES string of the molecule is CNCc1ccc(-c2ccc(F)c(F)c2F)cc1Cl. The zero-order valence-corrected chi connectivity index (χ0v) is 10.9. The molecule has 2 aromatic carbocycles. The largest absolute Gasteiger partial charge is 0.316 e. The molecule has 2 aromatic rings. The Morgan fingerprint density at radius 3 is 2.42 bits per heavy atom. The van der Waals surface area contributed by atoms with Crippen LogP contribution in [-0.4, -0.2) is 7.05 Å². The van der Waals surface area contributed by atoms with Gasteiger partial charge in [-0.1, -0.05) is 23.7 Å². The summed E-state index contributed by atoms with van der Waals surface area (Å²) in [6.45, 7) is 0.569. The molecule has 0 aromatic heterocycles. The van der Waals surface area contributed by atoms with E-state index in [9.17, 15) is 13.2 Å². The van der Waals surface area contributed by atoms with Crippen molar-refractivity contribution in [3.63, 3.8) is 0 Å². The van der Waals surface area contributed by atoms with Crippen LogP contribution in [0.3, 0.4) is 0 Å². The maximum Gasteiger partial charge on any atom is 0.195 e. The van der Waals surface area contributed by atoms with Crippen molar-refractivity contribution in [1.29, 1.82) is 0 Å². The first-order valence-electron chi connectivity index (χ1n) is 5.61. The zero-order valence-electron chi connectivity index (χ0n) is 10.1. The first kappa shape index (κ1) is 13.9. The molecule has 0 bridgehead atoms. The number of benzene rings is 2. The number of halogens is 4. The molecule has 2 rings (SSSR count). The van der Waals surface area contributed by atoms with E-state index in [1.807, 2.05) is 0 Å². The Balaban J connectivity index is 2.48. The highest BCUT2D eigenvalue weighted by Crippen LogP contribution is 2.29. The van der Waals surface area contributed by atoms with Crippen LogP contribution in [0.1, 0.15) is 5.56 Å². The molecular weight excluding hydrogens is 275 g/mol. The Hall–Kier alpha value is -1.52. The van der Waals surface area contributed by atoms with E-state index in [1.54, 1.807) is 19.2 Å². The molecule has 19 heavy (non-hydrogen) atoms. The third-order valence-corrected chi connectivity index (χ3v) is 3.12. The normalized spacial score (nSPS) is 10.8. The van der Waals surface area contributed by atoms with Crippen molar-refractivity contribution < 1.29 is 13.2 Å². The number of rotatable bonds is 3. The molecule has 0 aliphatic carbocycles. The van der Waals surface area contributed by atoms with Gasteiger partial charge in [0, 0.05) is 17.1 Å². The van der Waals surface area contributed by atoms with E-state index in [0.29, 0.717) is 17.1 Å². The molecule has 100 valence electrons. The van der Waals surface area contributed by atoms with E-state index < -0.39 is 17.5 Å². The maximum absolute atomic E-state index is 13.7. The summed E-state index contributed by atoms with van der Waals surface area (Å²) < 4.78 is 39.7. The van der Waals surface area contributed by atoms with E-state index in [-0.39, 0.29) is 5.56 Å². The van der Waals surface area contributed by atoms with Crippen molar-refractivity contribution >= 4 is 11.6 Å². The number of nitrogens with one attached hydrogen (secondary N) is 1. The third kappa shape index (κ3) is 2.74. The molecule has 0 unspecified atom stereocenters. The molecule has 5 heteroatoms. The highest BCUT2D eigenvalue weighted by atomic mass is 35.5. The lowest BCUT2D eigenvalue weighted by Crippen LogP contribution is -2.05. The number of hydrogen-bond donors (Lipinski definition) is 1. The molecule has 0 saturated carbocycles. The summed E-state index contributed by atoms with van der Waals surface area (Å²) in [4.78, 5) is 0. The molecule has 0 heterocycles. The minimum atomic E-state index is -1.48. The van der Waals surface area contributed by atoms with Crippen molar-refractivity contribution in [2.24, 2.45) is 0 Å². The second kappa shape index (κ2) is 5.63. The fraction of sp³-hybridized carbons (Fsp3) is 0.143. The standard InChI is InChI=1S/C14H11ClF3N/c1-19-7-9-3-2-8(6-11(9)15)10-4-5-12(16)14(18)13(10)17/h2-6,19H,7H2,1H3.